The molecule has 0 unspecified atom stereocenters. The van der Waals surface area contributed by atoms with E-state index >= 15 is 0 Å². The second-order valence-electron chi connectivity index (χ2n) is 4.90. The summed E-state index contributed by atoms with van der Waals surface area (Å²) in [4.78, 5) is 0. The minimum absolute atomic E-state index is 0. The Morgan fingerprint density at radius 3 is 2.07 bits per heavy atom. The molecule has 0 aromatic rings. The number of piperidine rings is 1. The minimum Gasteiger partial charge on any atom is -0.677 e. The van der Waals surface area contributed by atoms with Crippen molar-refractivity contribution in [3.8, 4) is 0 Å². The van der Waals surface area contributed by atoms with Gasteiger partial charge in [0.05, 0.1) is 0 Å². The molecule has 0 atom stereocenters. The maximum absolute atomic E-state index is 7.39. The molecule has 0 aromatic heterocycles. The molecule has 0 aromatic carbocycles. The van der Waals surface area contributed by atoms with Crippen molar-refractivity contribution in [3.05, 3.63) is 5.73 Å². The molecule has 4 heteroatoms. The maximum atomic E-state index is 7.39. The number of rotatable bonds is 1. The van der Waals surface area contributed by atoms with Gasteiger partial charge in [-0.3, -0.25) is 0 Å². The molecule has 1 spiro atoms. The van der Waals surface area contributed by atoms with Gasteiger partial charge in [0.1, 0.15) is 0 Å². The van der Waals surface area contributed by atoms with Crippen LogP contribution in [0.4, 0.5) is 0 Å². The van der Waals surface area contributed by atoms with Crippen LogP contribution in [0, 0.1) is 11.3 Å². The van der Waals surface area contributed by atoms with Crippen molar-refractivity contribution < 1.29 is 20.4 Å². The number of hydrogen-bond donors (Lipinski definition) is 1. The molecular weight excluding hydrogens is 613 g/mol. The molecule has 0 amide bonds. The van der Waals surface area contributed by atoms with Gasteiger partial charge < -0.3 is 11.1 Å². The quantitative estimate of drug-likeness (QED) is 0.474. The van der Waals surface area contributed by atoms with Crippen LogP contribution in [0.1, 0.15) is 38.5 Å². The van der Waals surface area contributed by atoms with Crippen LogP contribution in [0.5, 0.6) is 0 Å². The standard InChI is InChI=1S/C11H21N2.Re.Rf/c12-9-10-1-3-11(4-2-10)5-7-13-8-6-11;;/h10,12-13H,1-9H2;;/q-1;;. The summed E-state index contributed by atoms with van der Waals surface area (Å²) in [6.07, 6.45) is 8.22. The molecule has 1 aliphatic carbocycles. The zero-order valence-corrected chi connectivity index (χ0v) is 18.6. The Labute approximate surface area is 101 Å². The van der Waals surface area contributed by atoms with Crippen molar-refractivity contribution in [2.75, 3.05) is 19.6 Å². The molecule has 1 heterocycles. The minimum atomic E-state index is 0. The average Bonchev–Trinajstić information content (AvgIpc) is 2.20. The smallest absolute Gasteiger partial charge is 0 e. The summed E-state index contributed by atoms with van der Waals surface area (Å²) >= 11 is 0. The van der Waals surface area contributed by atoms with Gasteiger partial charge in [0, 0.05) is 20.4 Å². The molecule has 1 saturated heterocycles. The van der Waals surface area contributed by atoms with Gasteiger partial charge in [-0.25, -0.2) is 0 Å². The van der Waals surface area contributed by atoms with E-state index in [0.29, 0.717) is 12.0 Å². The maximum Gasteiger partial charge on any atom is 0 e. The van der Waals surface area contributed by atoms with Crippen molar-refractivity contribution in [2.24, 2.45) is 11.3 Å². The predicted molar refractivity (Wildman–Crippen MR) is 55.7 cm³/mol. The third-order valence-corrected chi connectivity index (χ3v) is 4.12. The summed E-state index contributed by atoms with van der Waals surface area (Å²) < 4.78 is 0. The third-order valence-electron chi connectivity index (χ3n) is 4.12. The molecule has 15 heavy (non-hydrogen) atoms. The van der Waals surface area contributed by atoms with Crippen LogP contribution in [0.15, 0.2) is 0 Å². The van der Waals surface area contributed by atoms with E-state index < -0.39 is 0 Å². The van der Waals surface area contributed by atoms with Gasteiger partial charge in [0.2, 0.25) is 0 Å². The van der Waals surface area contributed by atoms with E-state index in [0.717, 1.165) is 5.92 Å². The molecule has 1 radical (unpaired) electrons. The van der Waals surface area contributed by atoms with Crippen molar-refractivity contribution in [3.63, 3.8) is 0 Å². The fraction of sp³-hybridized carbons (Fsp3) is 1.00. The fourth-order valence-corrected chi connectivity index (χ4v) is 2.95. The first-order valence-electron chi connectivity index (χ1n) is 5.70. The summed E-state index contributed by atoms with van der Waals surface area (Å²) in [5.74, 6) is 0.723. The summed E-state index contributed by atoms with van der Waals surface area (Å²) in [5.41, 5.74) is 8.08. The molecule has 85 valence electrons. The second-order valence-corrected chi connectivity index (χ2v) is 4.90. The zero-order chi connectivity index (χ0) is 9.15. The van der Waals surface area contributed by atoms with Crippen LogP contribution in [0.2, 0.25) is 0 Å². The summed E-state index contributed by atoms with van der Waals surface area (Å²) in [7, 11) is 0. The first-order valence-corrected chi connectivity index (χ1v) is 5.70. The van der Waals surface area contributed by atoms with Crippen molar-refractivity contribution >= 4 is 0 Å². The molecular formula is C11H21N2ReRf-. The number of nitrogens with one attached hydrogen (secondary N) is 2. The van der Waals surface area contributed by atoms with Gasteiger partial charge in [0.15, 0.2) is 0 Å². The van der Waals surface area contributed by atoms with E-state index in [1.165, 1.54) is 51.6 Å². The molecule has 1 aliphatic heterocycles. The van der Waals surface area contributed by atoms with E-state index in [1.807, 2.05) is 0 Å². The van der Waals surface area contributed by atoms with Gasteiger partial charge in [0.25, 0.3) is 0 Å². The predicted octanol–water partition coefficient (Wildman–Crippen LogP) is 2.60. The van der Waals surface area contributed by atoms with Gasteiger partial charge in [-0.1, -0.05) is 18.8 Å². The van der Waals surface area contributed by atoms with Crippen molar-refractivity contribution in [1.29, 1.82) is 0 Å². The van der Waals surface area contributed by atoms with Crippen LogP contribution in [0.25, 0.3) is 5.73 Å². The van der Waals surface area contributed by atoms with Crippen molar-refractivity contribution in [2.45, 2.75) is 38.5 Å². The van der Waals surface area contributed by atoms with E-state index in [-0.39, 0.29) is 20.4 Å². The Morgan fingerprint density at radius 1 is 1.07 bits per heavy atom. The Kier molecular flexibility index (Phi) is 6.05. The van der Waals surface area contributed by atoms with Crippen LogP contribution >= 0.6 is 0 Å². The Hall–Kier alpha value is -0.418. The fourth-order valence-electron chi connectivity index (χ4n) is 2.95. The van der Waals surface area contributed by atoms with E-state index in [4.69, 9.17) is 5.73 Å². The first kappa shape index (κ1) is 14.6. The van der Waals surface area contributed by atoms with Crippen molar-refractivity contribution in [1.82, 2.24) is 5.32 Å². The van der Waals surface area contributed by atoms with Crippen LogP contribution < -0.4 is 5.32 Å². The van der Waals surface area contributed by atoms with Gasteiger partial charge in [-0.2, -0.15) is 0 Å². The van der Waals surface area contributed by atoms with Gasteiger partial charge in [-0.05, 0) is 44.2 Å². The Morgan fingerprint density at radius 2 is 1.60 bits per heavy atom. The van der Waals surface area contributed by atoms with Crippen LogP contribution in [0.3, 0.4) is 0 Å². The monoisotopic (exact) mass is 635 g/mol. The molecule has 1 saturated carbocycles. The van der Waals surface area contributed by atoms with Crippen LogP contribution in [-0.4, -0.2) is 19.6 Å². The van der Waals surface area contributed by atoms with Gasteiger partial charge in [-0.15, -0.1) is 6.54 Å². The zero-order valence-electron chi connectivity index (χ0n) is 9.53. The van der Waals surface area contributed by atoms with E-state index in [1.54, 1.807) is 0 Å². The first-order chi connectivity index (χ1) is 6.35. The van der Waals surface area contributed by atoms with Crippen LogP contribution in [-0.2, 0) is 20.4 Å². The molecule has 2 fully saturated rings. The Bertz CT molecular complexity index is 162. The topological polar surface area (TPSA) is 35.8 Å². The SMILES string of the molecule is [NH-]CC1CCC2(CCNCC2)CC1.[Re].[Rf]. The third kappa shape index (κ3) is 3.28. The largest absolute Gasteiger partial charge is 0.677 e. The van der Waals surface area contributed by atoms with E-state index in [2.05, 4.69) is 5.32 Å². The number of hydrogen-bond acceptors (Lipinski definition) is 1. The normalized spacial score (nSPS) is 25.4. The summed E-state index contributed by atoms with van der Waals surface area (Å²) in [5, 5.41) is 3.44. The molecule has 2 rings (SSSR count). The molecule has 2 aliphatic rings. The summed E-state index contributed by atoms with van der Waals surface area (Å²) in [6, 6.07) is 0. The average molecular weight is 635 g/mol. The molecule has 2 N–H and O–H groups in total. The van der Waals surface area contributed by atoms with E-state index in [9.17, 15) is 0 Å². The Balaban J connectivity index is 0.000000980. The molecule has 0 bridgehead atoms. The second kappa shape index (κ2) is 6.23. The summed E-state index contributed by atoms with van der Waals surface area (Å²) in [6.45, 7) is 3.12. The van der Waals surface area contributed by atoms with Gasteiger partial charge >= 0.3 is 0 Å². The molecule has 2 nitrogen and oxygen atoms in total.